The van der Waals surface area contributed by atoms with Crippen molar-refractivity contribution in [3.8, 4) is 0 Å². The number of hydrogen-bond donors (Lipinski definition) is 1. The van der Waals surface area contributed by atoms with Gasteiger partial charge < -0.3 is 10.0 Å². The third kappa shape index (κ3) is 7.19. The quantitative estimate of drug-likeness (QED) is 0.289. The Labute approximate surface area is 189 Å². The first-order valence-electron chi connectivity index (χ1n) is 11.4. The first-order chi connectivity index (χ1) is 15.5. The number of carbonyl (C=O) groups is 3. The fourth-order valence-corrected chi connectivity index (χ4v) is 4.12. The van der Waals surface area contributed by atoms with Crippen molar-refractivity contribution in [2.24, 2.45) is 0 Å². The highest BCUT2D eigenvalue weighted by Crippen LogP contribution is 2.21. The average Bonchev–Trinajstić information content (AvgIpc) is 3.14. The van der Waals surface area contributed by atoms with Crippen LogP contribution in [0.1, 0.15) is 66.4 Å². The van der Waals surface area contributed by atoms with Crippen LogP contribution in [0.4, 0.5) is 0 Å². The summed E-state index contributed by atoms with van der Waals surface area (Å²) in [5.41, 5.74) is 2.95. The van der Waals surface area contributed by atoms with Crippen molar-refractivity contribution < 1.29 is 19.5 Å². The minimum absolute atomic E-state index is 0.0435. The topological polar surface area (TPSA) is 74.7 Å². The Balaban J connectivity index is 1.52. The highest BCUT2D eigenvalue weighted by atomic mass is 16.4. The van der Waals surface area contributed by atoms with Crippen molar-refractivity contribution in [3.05, 3.63) is 83.4 Å². The van der Waals surface area contributed by atoms with Crippen molar-refractivity contribution in [1.29, 1.82) is 0 Å². The van der Waals surface area contributed by atoms with E-state index in [9.17, 15) is 14.4 Å². The monoisotopic (exact) mass is 433 g/mol. The first kappa shape index (κ1) is 23.5. The number of carbonyl (C=O) groups excluding carboxylic acids is 2. The summed E-state index contributed by atoms with van der Waals surface area (Å²) in [7, 11) is 0. The highest BCUT2D eigenvalue weighted by molar-refractivity contribution is 6.04. The van der Waals surface area contributed by atoms with E-state index in [0.29, 0.717) is 24.9 Å². The van der Waals surface area contributed by atoms with Gasteiger partial charge in [0.25, 0.3) is 0 Å². The Bertz CT molecular complexity index is 951. The third-order valence-corrected chi connectivity index (χ3v) is 5.85. The molecule has 0 radical (unpaired) electrons. The maximum Gasteiger partial charge on any atom is 0.303 e. The van der Waals surface area contributed by atoms with E-state index in [1.165, 1.54) is 5.56 Å². The zero-order valence-corrected chi connectivity index (χ0v) is 18.4. The van der Waals surface area contributed by atoms with E-state index < -0.39 is 5.97 Å². The van der Waals surface area contributed by atoms with Crippen LogP contribution in [-0.2, 0) is 16.0 Å². The number of allylic oxidation sites excluding steroid dienone is 1. The van der Waals surface area contributed by atoms with E-state index >= 15 is 0 Å². The average molecular weight is 434 g/mol. The lowest BCUT2D eigenvalue weighted by atomic mass is 10.0. The van der Waals surface area contributed by atoms with Gasteiger partial charge >= 0.3 is 5.97 Å². The van der Waals surface area contributed by atoms with Gasteiger partial charge in [0.15, 0.2) is 5.78 Å². The van der Waals surface area contributed by atoms with Gasteiger partial charge in [0.05, 0.1) is 6.04 Å². The van der Waals surface area contributed by atoms with Gasteiger partial charge in [-0.15, -0.1) is 0 Å². The second kappa shape index (κ2) is 12.0. The minimum atomic E-state index is -0.764. The van der Waals surface area contributed by atoms with Gasteiger partial charge in [-0.05, 0) is 49.0 Å². The molecule has 1 N–H and O–H groups in total. The summed E-state index contributed by atoms with van der Waals surface area (Å²) >= 11 is 0. The molecule has 5 nitrogen and oxygen atoms in total. The molecule has 2 aromatic carbocycles. The van der Waals surface area contributed by atoms with Gasteiger partial charge in [0.2, 0.25) is 5.91 Å². The standard InChI is InChI=1S/C27H31NO4/c29-25(23-12-8-11-22(20-23)19-21-9-4-3-5-10-21)16-14-24-15-17-26(30)28(24)18-7-2-1-6-13-27(31)32/h3-5,8-12,14,16,20,24H,1-2,6-7,13,15,17-19H2,(H,31,32)/b16-14+/t24-/m0/s1. The van der Waals surface area contributed by atoms with Crippen LogP contribution in [0.2, 0.25) is 0 Å². The molecule has 168 valence electrons. The van der Waals surface area contributed by atoms with E-state index in [1.54, 1.807) is 6.08 Å². The second-order valence-corrected chi connectivity index (χ2v) is 8.34. The number of carboxylic acids is 1. The number of unbranched alkanes of at least 4 members (excludes halogenated alkanes) is 3. The van der Waals surface area contributed by atoms with Gasteiger partial charge in [-0.2, -0.15) is 0 Å². The molecule has 1 aliphatic rings. The summed E-state index contributed by atoms with van der Waals surface area (Å²) in [4.78, 5) is 37.4. The molecule has 0 bridgehead atoms. The van der Waals surface area contributed by atoms with E-state index in [2.05, 4.69) is 12.1 Å². The maximum atomic E-state index is 12.7. The molecule has 3 rings (SSSR count). The number of amides is 1. The van der Waals surface area contributed by atoms with Crippen molar-refractivity contribution in [1.82, 2.24) is 4.90 Å². The second-order valence-electron chi connectivity index (χ2n) is 8.34. The lowest BCUT2D eigenvalue weighted by molar-refractivity contribution is -0.137. The lowest BCUT2D eigenvalue weighted by Gasteiger charge is -2.22. The SMILES string of the molecule is O=C(O)CCCCCCN1C(=O)CC[C@@H]1/C=C/C(=O)c1cccc(Cc2ccccc2)c1. The van der Waals surface area contributed by atoms with Crippen LogP contribution in [0, 0.1) is 0 Å². The molecule has 1 atom stereocenters. The number of rotatable bonds is 12. The molecule has 2 aromatic rings. The number of aliphatic carboxylic acids is 1. The summed E-state index contributed by atoms with van der Waals surface area (Å²) in [6, 6.07) is 17.8. The molecular weight excluding hydrogens is 402 g/mol. The van der Waals surface area contributed by atoms with Crippen LogP contribution in [0.25, 0.3) is 0 Å². The largest absolute Gasteiger partial charge is 0.481 e. The molecule has 0 unspecified atom stereocenters. The fourth-order valence-electron chi connectivity index (χ4n) is 4.12. The van der Waals surface area contributed by atoms with E-state index in [1.807, 2.05) is 53.4 Å². The summed E-state index contributed by atoms with van der Waals surface area (Å²) in [6.07, 6.45) is 8.96. The van der Waals surface area contributed by atoms with E-state index in [-0.39, 0.29) is 24.2 Å². The van der Waals surface area contributed by atoms with E-state index in [0.717, 1.165) is 37.7 Å². The van der Waals surface area contributed by atoms with Crippen LogP contribution in [0.15, 0.2) is 66.7 Å². The van der Waals surface area contributed by atoms with Gasteiger partial charge in [-0.1, -0.05) is 67.4 Å². The predicted molar refractivity (Wildman–Crippen MR) is 125 cm³/mol. The molecule has 1 saturated heterocycles. The minimum Gasteiger partial charge on any atom is -0.481 e. The third-order valence-electron chi connectivity index (χ3n) is 5.85. The van der Waals surface area contributed by atoms with Crippen LogP contribution in [0.5, 0.6) is 0 Å². The van der Waals surface area contributed by atoms with E-state index in [4.69, 9.17) is 5.11 Å². The van der Waals surface area contributed by atoms with Gasteiger partial charge in [0.1, 0.15) is 0 Å². The maximum absolute atomic E-state index is 12.7. The molecule has 1 amide bonds. The summed E-state index contributed by atoms with van der Waals surface area (Å²) in [6.45, 7) is 0.654. The molecule has 1 heterocycles. The Morgan fingerprint density at radius 2 is 1.72 bits per heavy atom. The lowest BCUT2D eigenvalue weighted by Crippen LogP contribution is -2.32. The van der Waals surface area contributed by atoms with Crippen LogP contribution < -0.4 is 0 Å². The number of likely N-dealkylation sites (tertiary alicyclic amines) is 1. The van der Waals surface area contributed by atoms with Crippen LogP contribution in [-0.4, -0.2) is 40.3 Å². The zero-order chi connectivity index (χ0) is 22.8. The number of hydrogen-bond acceptors (Lipinski definition) is 3. The van der Waals surface area contributed by atoms with Crippen LogP contribution in [0.3, 0.4) is 0 Å². The van der Waals surface area contributed by atoms with Crippen molar-refractivity contribution >= 4 is 17.7 Å². The smallest absolute Gasteiger partial charge is 0.303 e. The Kier molecular flexibility index (Phi) is 8.79. The number of nitrogens with zero attached hydrogens (tertiary/aromatic N) is 1. The highest BCUT2D eigenvalue weighted by Gasteiger charge is 2.28. The van der Waals surface area contributed by atoms with Crippen LogP contribution >= 0.6 is 0 Å². The first-order valence-corrected chi connectivity index (χ1v) is 11.4. The fraction of sp³-hybridized carbons (Fsp3) is 0.370. The normalized spacial score (nSPS) is 16.1. The number of ketones is 1. The summed E-state index contributed by atoms with van der Waals surface area (Å²) in [5, 5.41) is 8.69. The zero-order valence-electron chi connectivity index (χ0n) is 18.4. The van der Waals surface area contributed by atoms with Gasteiger partial charge in [-0.3, -0.25) is 14.4 Å². The molecule has 1 aliphatic heterocycles. The molecule has 0 aliphatic carbocycles. The molecule has 5 heteroatoms. The molecule has 0 spiro atoms. The van der Waals surface area contributed by atoms with Crippen molar-refractivity contribution in [3.63, 3.8) is 0 Å². The summed E-state index contributed by atoms with van der Waals surface area (Å²) < 4.78 is 0. The molecule has 32 heavy (non-hydrogen) atoms. The summed E-state index contributed by atoms with van der Waals surface area (Å²) in [5.74, 6) is -0.685. The molecule has 0 aromatic heterocycles. The Morgan fingerprint density at radius 1 is 0.969 bits per heavy atom. The van der Waals surface area contributed by atoms with Gasteiger partial charge in [0, 0.05) is 24.9 Å². The Morgan fingerprint density at radius 3 is 2.50 bits per heavy atom. The number of benzene rings is 2. The molecule has 1 fully saturated rings. The Hall–Kier alpha value is -3.21. The van der Waals surface area contributed by atoms with Crippen molar-refractivity contribution in [2.45, 2.75) is 57.4 Å². The van der Waals surface area contributed by atoms with Gasteiger partial charge in [-0.25, -0.2) is 0 Å². The number of carboxylic acid groups (broad SMARTS) is 1. The predicted octanol–water partition coefficient (Wildman–Crippen LogP) is 5.04. The van der Waals surface area contributed by atoms with Crippen molar-refractivity contribution in [2.75, 3.05) is 6.54 Å². The molecular formula is C27H31NO4. The molecule has 0 saturated carbocycles.